The van der Waals surface area contributed by atoms with Gasteiger partial charge in [0.25, 0.3) is 0 Å². The van der Waals surface area contributed by atoms with Gasteiger partial charge in [0.1, 0.15) is 18.1 Å². The van der Waals surface area contributed by atoms with E-state index in [0.29, 0.717) is 5.76 Å². The molecule has 0 aliphatic heterocycles. The summed E-state index contributed by atoms with van der Waals surface area (Å²) in [5.41, 5.74) is 0. The Bertz CT molecular complexity index is 218. The molecule has 1 rings (SSSR count). The lowest BCUT2D eigenvalue weighted by atomic mass is 10.4. The van der Waals surface area contributed by atoms with Crippen LogP contribution in [0.3, 0.4) is 0 Å². The van der Waals surface area contributed by atoms with Crippen LogP contribution in [-0.4, -0.2) is 24.1 Å². The Morgan fingerprint density at radius 2 is 2.00 bits per heavy atom. The Kier molecular flexibility index (Phi) is 2.68. The highest BCUT2D eigenvalue weighted by molar-refractivity contribution is 5.05. The third-order valence-electron chi connectivity index (χ3n) is 1.35. The van der Waals surface area contributed by atoms with Crippen molar-refractivity contribution >= 4 is 0 Å². The van der Waals surface area contributed by atoms with Crippen LogP contribution in [0.15, 0.2) is 16.5 Å². The Morgan fingerprint density at radius 3 is 2.45 bits per heavy atom. The van der Waals surface area contributed by atoms with Crippen LogP contribution in [0.2, 0.25) is 0 Å². The van der Waals surface area contributed by atoms with Crippen molar-refractivity contribution in [1.29, 1.82) is 0 Å². The van der Waals surface area contributed by atoms with Gasteiger partial charge in [-0.1, -0.05) is 0 Å². The van der Waals surface area contributed by atoms with Gasteiger partial charge >= 0.3 is 0 Å². The van der Waals surface area contributed by atoms with E-state index in [1.54, 1.807) is 6.07 Å². The summed E-state index contributed by atoms with van der Waals surface area (Å²) in [5.74, 6) is 1.51. The highest BCUT2D eigenvalue weighted by atomic mass is 16.4. The Labute approximate surface area is 66.2 Å². The van der Waals surface area contributed by atoms with E-state index >= 15 is 0 Å². The fourth-order valence-electron chi connectivity index (χ4n) is 0.904. The van der Waals surface area contributed by atoms with Crippen molar-refractivity contribution in [2.75, 3.05) is 14.1 Å². The molecule has 1 heterocycles. The minimum atomic E-state index is -0.0204. The van der Waals surface area contributed by atoms with Crippen LogP contribution in [0.4, 0.5) is 0 Å². The molecule has 0 aliphatic carbocycles. The molecule has 1 aromatic heterocycles. The highest BCUT2D eigenvalue weighted by Gasteiger charge is 2.00. The van der Waals surface area contributed by atoms with E-state index in [9.17, 15) is 0 Å². The zero-order chi connectivity index (χ0) is 8.27. The molecule has 0 saturated carbocycles. The van der Waals surface area contributed by atoms with Gasteiger partial charge in [-0.3, -0.25) is 0 Å². The fraction of sp³-hybridized carbons (Fsp3) is 0.500. The molecule has 1 aromatic rings. The molecular formula is C8H13NO2. The van der Waals surface area contributed by atoms with Gasteiger partial charge in [0.15, 0.2) is 0 Å². The molecule has 1 N–H and O–H groups in total. The third-order valence-corrected chi connectivity index (χ3v) is 1.35. The molecule has 0 bridgehead atoms. The van der Waals surface area contributed by atoms with Gasteiger partial charge in [0, 0.05) is 0 Å². The van der Waals surface area contributed by atoms with E-state index < -0.39 is 0 Å². The van der Waals surface area contributed by atoms with E-state index in [2.05, 4.69) is 0 Å². The summed E-state index contributed by atoms with van der Waals surface area (Å²) in [6.45, 7) is 0.757. The summed E-state index contributed by atoms with van der Waals surface area (Å²) < 4.78 is 5.25. The summed E-state index contributed by atoms with van der Waals surface area (Å²) in [6.07, 6.45) is 0. The first-order valence-electron chi connectivity index (χ1n) is 3.55. The molecule has 0 atom stereocenters. The smallest absolute Gasteiger partial charge is 0.129 e. The molecule has 0 unspecified atom stereocenters. The van der Waals surface area contributed by atoms with Gasteiger partial charge in [-0.05, 0) is 26.2 Å². The monoisotopic (exact) mass is 155 g/mol. The van der Waals surface area contributed by atoms with Crippen molar-refractivity contribution in [3.63, 3.8) is 0 Å². The lowest BCUT2D eigenvalue weighted by Gasteiger charge is -2.05. The lowest BCUT2D eigenvalue weighted by molar-refractivity contribution is 0.237. The second-order valence-corrected chi connectivity index (χ2v) is 2.76. The first kappa shape index (κ1) is 8.30. The van der Waals surface area contributed by atoms with E-state index in [1.807, 2.05) is 25.1 Å². The van der Waals surface area contributed by atoms with E-state index in [4.69, 9.17) is 9.52 Å². The summed E-state index contributed by atoms with van der Waals surface area (Å²) in [6, 6.07) is 3.67. The lowest BCUT2D eigenvalue weighted by Crippen LogP contribution is -2.09. The second-order valence-electron chi connectivity index (χ2n) is 2.76. The molecule has 0 radical (unpaired) electrons. The van der Waals surface area contributed by atoms with Crippen LogP contribution in [0.1, 0.15) is 11.5 Å². The largest absolute Gasteiger partial charge is 0.462 e. The zero-order valence-electron chi connectivity index (χ0n) is 6.87. The number of furan rings is 1. The predicted molar refractivity (Wildman–Crippen MR) is 42.0 cm³/mol. The van der Waals surface area contributed by atoms with E-state index in [-0.39, 0.29) is 6.61 Å². The summed E-state index contributed by atoms with van der Waals surface area (Å²) >= 11 is 0. The van der Waals surface area contributed by atoms with Gasteiger partial charge in [-0.15, -0.1) is 0 Å². The Balaban J connectivity index is 2.58. The van der Waals surface area contributed by atoms with Crippen LogP contribution < -0.4 is 0 Å². The van der Waals surface area contributed by atoms with Crippen molar-refractivity contribution < 1.29 is 9.52 Å². The molecule has 0 saturated heterocycles. The van der Waals surface area contributed by atoms with Crippen LogP contribution in [0.25, 0.3) is 0 Å². The van der Waals surface area contributed by atoms with Gasteiger partial charge in [0.05, 0.1) is 6.54 Å². The molecule has 0 fully saturated rings. The summed E-state index contributed by atoms with van der Waals surface area (Å²) in [4.78, 5) is 2.01. The number of rotatable bonds is 3. The molecule has 0 amide bonds. The first-order valence-corrected chi connectivity index (χ1v) is 3.55. The molecule has 11 heavy (non-hydrogen) atoms. The Hall–Kier alpha value is -0.800. The van der Waals surface area contributed by atoms with Crippen molar-refractivity contribution in [1.82, 2.24) is 4.90 Å². The van der Waals surface area contributed by atoms with Crippen molar-refractivity contribution in [3.8, 4) is 0 Å². The van der Waals surface area contributed by atoms with Crippen LogP contribution >= 0.6 is 0 Å². The average molecular weight is 155 g/mol. The van der Waals surface area contributed by atoms with Gasteiger partial charge in [-0.25, -0.2) is 0 Å². The van der Waals surface area contributed by atoms with Crippen LogP contribution in [-0.2, 0) is 13.2 Å². The van der Waals surface area contributed by atoms with Crippen molar-refractivity contribution in [2.45, 2.75) is 13.2 Å². The maximum absolute atomic E-state index is 8.68. The van der Waals surface area contributed by atoms with Gasteiger partial charge < -0.3 is 14.4 Å². The minimum Gasteiger partial charge on any atom is -0.462 e. The topological polar surface area (TPSA) is 36.6 Å². The normalized spacial score (nSPS) is 10.9. The van der Waals surface area contributed by atoms with Crippen molar-refractivity contribution in [3.05, 3.63) is 23.7 Å². The van der Waals surface area contributed by atoms with E-state index in [0.717, 1.165) is 12.3 Å². The molecular weight excluding hydrogens is 142 g/mol. The molecule has 62 valence electrons. The van der Waals surface area contributed by atoms with Crippen molar-refractivity contribution in [2.24, 2.45) is 0 Å². The summed E-state index contributed by atoms with van der Waals surface area (Å²) in [7, 11) is 3.95. The SMILES string of the molecule is CN(C)Cc1ccc(CO)o1. The minimum absolute atomic E-state index is 0.0204. The molecule has 3 heteroatoms. The molecule has 3 nitrogen and oxygen atoms in total. The standard InChI is InChI=1S/C8H13NO2/c1-9(2)5-7-3-4-8(6-10)11-7/h3-4,10H,5-6H2,1-2H3. The molecule has 0 aromatic carbocycles. The number of hydrogen-bond acceptors (Lipinski definition) is 3. The summed E-state index contributed by atoms with van der Waals surface area (Å²) in [5, 5.41) is 8.68. The average Bonchev–Trinajstić information content (AvgIpc) is 2.34. The third kappa shape index (κ3) is 2.37. The van der Waals surface area contributed by atoms with E-state index in [1.165, 1.54) is 0 Å². The first-order chi connectivity index (χ1) is 5.22. The van der Waals surface area contributed by atoms with Crippen LogP contribution in [0.5, 0.6) is 0 Å². The maximum atomic E-state index is 8.68. The maximum Gasteiger partial charge on any atom is 0.129 e. The number of aliphatic hydroxyl groups excluding tert-OH is 1. The number of nitrogens with zero attached hydrogens (tertiary/aromatic N) is 1. The quantitative estimate of drug-likeness (QED) is 0.702. The molecule has 0 aliphatic rings. The fourth-order valence-corrected chi connectivity index (χ4v) is 0.904. The van der Waals surface area contributed by atoms with Gasteiger partial charge in [-0.2, -0.15) is 0 Å². The second kappa shape index (κ2) is 3.55. The van der Waals surface area contributed by atoms with Crippen LogP contribution in [0, 0.1) is 0 Å². The predicted octanol–water partition coefficient (Wildman–Crippen LogP) is 0.833. The Morgan fingerprint density at radius 1 is 1.36 bits per heavy atom. The van der Waals surface area contributed by atoms with Gasteiger partial charge in [0.2, 0.25) is 0 Å². The highest BCUT2D eigenvalue weighted by Crippen LogP contribution is 2.08. The molecule has 0 spiro atoms. The number of aliphatic hydroxyl groups is 1. The number of hydrogen-bond donors (Lipinski definition) is 1. The zero-order valence-corrected chi connectivity index (χ0v) is 6.87.